The van der Waals surface area contributed by atoms with Crippen LogP contribution in [0, 0.1) is 15.9 Å². The minimum Gasteiger partial charge on any atom is -0.390 e. The van der Waals surface area contributed by atoms with Crippen molar-refractivity contribution in [2.75, 3.05) is 6.61 Å². The highest BCUT2D eigenvalue weighted by Gasteiger charge is 2.54. The lowest BCUT2D eigenvalue weighted by Gasteiger charge is -2.38. The molecule has 0 saturated carbocycles. The molecular formula is C14H19F3N2O4S. The molecule has 6 nitrogen and oxygen atoms in total. The minimum absolute atomic E-state index is 0.602. The molecule has 1 aromatic rings. The first-order chi connectivity index (χ1) is 10.8. The van der Waals surface area contributed by atoms with Gasteiger partial charge in [0.15, 0.2) is 0 Å². The molecule has 0 spiro atoms. The second-order valence-corrected chi connectivity index (χ2v) is 8.36. The number of nitrogens with one attached hydrogen (secondary N) is 1. The molecule has 2 atom stereocenters. The van der Waals surface area contributed by atoms with E-state index in [0.29, 0.717) is 12.1 Å². The predicted octanol–water partition coefficient (Wildman–Crippen LogP) is 2.63. The van der Waals surface area contributed by atoms with Crippen LogP contribution in [0.2, 0.25) is 0 Å². The zero-order valence-electron chi connectivity index (χ0n) is 13.6. The number of hydrogen-bond donors (Lipinski definition) is 2. The highest BCUT2D eigenvalue weighted by atomic mass is 32.2. The first-order valence-electron chi connectivity index (χ1n) is 6.89. The van der Waals surface area contributed by atoms with E-state index >= 15 is 0 Å². The third kappa shape index (κ3) is 3.93. The van der Waals surface area contributed by atoms with Gasteiger partial charge in [0.2, 0.25) is 0 Å². The van der Waals surface area contributed by atoms with Gasteiger partial charge in [-0.1, -0.05) is 0 Å². The Kier molecular flexibility index (Phi) is 5.79. The quantitative estimate of drug-likeness (QED) is 0.596. The molecule has 0 aliphatic heterocycles. The highest BCUT2D eigenvalue weighted by Crippen LogP contribution is 2.40. The van der Waals surface area contributed by atoms with Crippen LogP contribution in [-0.4, -0.2) is 31.5 Å². The monoisotopic (exact) mass is 368 g/mol. The molecule has 0 fully saturated rings. The van der Waals surface area contributed by atoms with Crippen molar-refractivity contribution in [1.82, 2.24) is 4.72 Å². The summed E-state index contributed by atoms with van der Waals surface area (Å²) in [7, 11) is -2.06. The van der Waals surface area contributed by atoms with E-state index in [-0.39, 0.29) is 0 Å². The van der Waals surface area contributed by atoms with E-state index in [1.165, 1.54) is 20.8 Å². The predicted molar refractivity (Wildman–Crippen MR) is 83.5 cm³/mol. The number of benzene rings is 1. The van der Waals surface area contributed by atoms with Crippen molar-refractivity contribution in [1.29, 1.82) is 0 Å². The second-order valence-electron chi connectivity index (χ2n) is 6.39. The standard InChI is InChI=1S/C14H19F3N2O4S/c1-12(2,3)24(23)18-13(4,14(16,17)8-20)10-7-9(19(21)22)5-6-11(10)15/h5-7,18,20H,8H2,1-4H3/t13-,24?/m1/s1. The van der Waals surface area contributed by atoms with Gasteiger partial charge in [-0.15, -0.1) is 0 Å². The van der Waals surface area contributed by atoms with Crippen LogP contribution in [0.4, 0.5) is 18.9 Å². The first-order valence-corrected chi connectivity index (χ1v) is 8.04. The van der Waals surface area contributed by atoms with Crippen LogP contribution >= 0.6 is 0 Å². The lowest BCUT2D eigenvalue weighted by Crippen LogP contribution is -2.58. The average molecular weight is 368 g/mol. The van der Waals surface area contributed by atoms with Crippen molar-refractivity contribution < 1.29 is 27.4 Å². The number of nitrogens with zero attached hydrogens (tertiary/aromatic N) is 1. The van der Waals surface area contributed by atoms with Gasteiger partial charge in [0, 0.05) is 17.7 Å². The summed E-state index contributed by atoms with van der Waals surface area (Å²) in [6.07, 6.45) is 0. The number of aliphatic hydroxyl groups is 1. The van der Waals surface area contributed by atoms with Crippen LogP contribution < -0.4 is 4.72 Å². The molecule has 0 saturated heterocycles. The van der Waals surface area contributed by atoms with Crippen molar-refractivity contribution in [3.8, 4) is 0 Å². The Hall–Kier alpha value is -1.52. The van der Waals surface area contributed by atoms with E-state index in [4.69, 9.17) is 5.11 Å². The van der Waals surface area contributed by atoms with Crippen molar-refractivity contribution in [2.45, 2.75) is 43.9 Å². The molecule has 136 valence electrons. The van der Waals surface area contributed by atoms with Gasteiger partial charge in [0.1, 0.15) is 18.0 Å². The molecule has 0 aromatic heterocycles. The van der Waals surface area contributed by atoms with Crippen molar-refractivity contribution in [3.05, 3.63) is 39.7 Å². The Bertz CT molecular complexity index is 664. The van der Waals surface area contributed by atoms with Crippen molar-refractivity contribution in [3.63, 3.8) is 0 Å². The Morgan fingerprint density at radius 1 is 1.29 bits per heavy atom. The molecule has 0 bridgehead atoms. The number of hydrogen-bond acceptors (Lipinski definition) is 4. The van der Waals surface area contributed by atoms with E-state index in [0.717, 1.165) is 13.0 Å². The summed E-state index contributed by atoms with van der Waals surface area (Å²) in [6.45, 7) is 3.71. The number of rotatable bonds is 6. The fraction of sp³-hybridized carbons (Fsp3) is 0.571. The van der Waals surface area contributed by atoms with Gasteiger partial charge in [-0.2, -0.15) is 0 Å². The lowest BCUT2D eigenvalue weighted by atomic mass is 9.86. The third-order valence-electron chi connectivity index (χ3n) is 3.48. The molecule has 0 amide bonds. The van der Waals surface area contributed by atoms with Gasteiger partial charge in [-0.25, -0.2) is 22.1 Å². The normalized spacial score (nSPS) is 16.5. The summed E-state index contributed by atoms with van der Waals surface area (Å²) in [5, 5.41) is 19.9. The van der Waals surface area contributed by atoms with Gasteiger partial charge < -0.3 is 5.11 Å². The minimum atomic E-state index is -3.94. The largest absolute Gasteiger partial charge is 0.390 e. The molecule has 1 unspecified atom stereocenters. The van der Waals surface area contributed by atoms with Gasteiger partial charge in [-0.3, -0.25) is 10.1 Å². The Balaban J connectivity index is 3.58. The zero-order chi connectivity index (χ0) is 18.9. The second kappa shape index (κ2) is 6.77. The van der Waals surface area contributed by atoms with Crippen LogP contribution in [0.1, 0.15) is 33.3 Å². The number of alkyl halides is 2. The summed E-state index contributed by atoms with van der Waals surface area (Å²) in [4.78, 5) is 10.00. The SMILES string of the molecule is CC(C)(C)S(=O)N[C@](C)(c1cc([N+](=O)[O-])ccc1F)C(F)(F)CO. The van der Waals surface area contributed by atoms with Gasteiger partial charge in [0.05, 0.1) is 20.7 Å². The molecule has 0 heterocycles. The maximum atomic E-state index is 14.4. The van der Waals surface area contributed by atoms with E-state index in [1.807, 2.05) is 0 Å². The number of aliphatic hydroxyl groups excluding tert-OH is 1. The van der Waals surface area contributed by atoms with E-state index < -0.39 is 55.8 Å². The molecule has 2 N–H and O–H groups in total. The van der Waals surface area contributed by atoms with Crippen molar-refractivity contribution >= 4 is 16.7 Å². The summed E-state index contributed by atoms with van der Waals surface area (Å²) in [5.41, 5.74) is -3.99. The fourth-order valence-electron chi connectivity index (χ4n) is 1.83. The smallest absolute Gasteiger partial charge is 0.293 e. The zero-order valence-corrected chi connectivity index (χ0v) is 14.4. The number of halogens is 3. The van der Waals surface area contributed by atoms with Crippen molar-refractivity contribution in [2.24, 2.45) is 0 Å². The summed E-state index contributed by atoms with van der Waals surface area (Å²) in [5.74, 6) is -5.08. The maximum Gasteiger partial charge on any atom is 0.293 e. The van der Waals surface area contributed by atoms with Gasteiger partial charge in [-0.05, 0) is 33.8 Å². The number of non-ortho nitro benzene ring substituents is 1. The topological polar surface area (TPSA) is 92.5 Å². The Labute approximate surface area is 139 Å². The van der Waals surface area contributed by atoms with Gasteiger partial charge >= 0.3 is 0 Å². The highest BCUT2D eigenvalue weighted by molar-refractivity contribution is 7.84. The molecule has 0 aliphatic rings. The molecule has 0 aliphatic carbocycles. The molecule has 24 heavy (non-hydrogen) atoms. The van der Waals surface area contributed by atoms with E-state index in [1.54, 1.807) is 0 Å². The first kappa shape index (κ1) is 20.5. The Morgan fingerprint density at radius 3 is 2.25 bits per heavy atom. The van der Waals surface area contributed by atoms with Crippen LogP contribution in [0.25, 0.3) is 0 Å². The summed E-state index contributed by atoms with van der Waals surface area (Å²) >= 11 is 0. The molecule has 0 radical (unpaired) electrons. The molecule has 1 rings (SSSR count). The lowest BCUT2D eigenvalue weighted by molar-refractivity contribution is -0.385. The summed E-state index contributed by atoms with van der Waals surface area (Å²) < 4.78 is 56.3. The van der Waals surface area contributed by atoms with Crippen LogP contribution in [-0.2, 0) is 16.5 Å². The van der Waals surface area contributed by atoms with Crippen LogP contribution in [0.3, 0.4) is 0 Å². The molecular weight excluding hydrogens is 349 g/mol. The third-order valence-corrected chi connectivity index (χ3v) is 5.19. The number of nitro benzene ring substituents is 1. The maximum absolute atomic E-state index is 14.4. The number of nitro groups is 1. The van der Waals surface area contributed by atoms with Crippen LogP contribution in [0.5, 0.6) is 0 Å². The Morgan fingerprint density at radius 2 is 1.83 bits per heavy atom. The molecule has 1 aromatic carbocycles. The average Bonchev–Trinajstić information content (AvgIpc) is 2.45. The van der Waals surface area contributed by atoms with Crippen LogP contribution in [0.15, 0.2) is 18.2 Å². The fourth-order valence-corrected chi connectivity index (χ4v) is 2.77. The van der Waals surface area contributed by atoms with E-state index in [2.05, 4.69) is 4.72 Å². The summed E-state index contributed by atoms with van der Waals surface area (Å²) in [6, 6.07) is 2.16. The van der Waals surface area contributed by atoms with Gasteiger partial charge in [0.25, 0.3) is 11.6 Å². The van der Waals surface area contributed by atoms with E-state index in [9.17, 15) is 27.5 Å². The molecule has 10 heteroatoms.